The molecule has 3 aromatic rings. The van der Waals surface area contributed by atoms with Gasteiger partial charge in [-0.2, -0.15) is 0 Å². The maximum Gasteiger partial charge on any atom is 0.262 e. The van der Waals surface area contributed by atoms with Gasteiger partial charge in [-0.25, -0.2) is 4.98 Å². The number of hydrogen-bond donors (Lipinski definition) is 1. The summed E-state index contributed by atoms with van der Waals surface area (Å²) in [6.07, 6.45) is 3.79. The highest BCUT2D eigenvalue weighted by Crippen LogP contribution is 2.27. The molecule has 0 aliphatic carbocycles. The molecule has 192 valence electrons. The van der Waals surface area contributed by atoms with Crippen LogP contribution in [0.3, 0.4) is 0 Å². The van der Waals surface area contributed by atoms with E-state index in [2.05, 4.69) is 10.2 Å². The molecule has 8 nitrogen and oxygen atoms in total. The second-order valence-corrected chi connectivity index (χ2v) is 9.61. The molecule has 0 unspecified atom stereocenters. The molecular weight excluding hydrogens is 456 g/mol. The number of carbonyl (C=O) groups excluding carboxylic acids is 1. The van der Waals surface area contributed by atoms with Crippen LogP contribution >= 0.6 is 0 Å². The summed E-state index contributed by atoms with van der Waals surface area (Å²) in [5.41, 5.74) is 0.944. The van der Waals surface area contributed by atoms with E-state index in [1.807, 2.05) is 38.1 Å². The van der Waals surface area contributed by atoms with E-state index < -0.39 is 6.04 Å². The Morgan fingerprint density at radius 1 is 1.06 bits per heavy atom. The van der Waals surface area contributed by atoms with Gasteiger partial charge in [0.25, 0.3) is 5.56 Å². The number of aromatic nitrogens is 2. The number of nitrogens with zero attached hydrogens (tertiary/aromatic N) is 3. The maximum atomic E-state index is 13.7. The highest BCUT2D eigenvalue weighted by Gasteiger charge is 2.23. The van der Waals surface area contributed by atoms with E-state index in [1.54, 1.807) is 32.2 Å². The highest BCUT2D eigenvalue weighted by atomic mass is 16.5. The van der Waals surface area contributed by atoms with E-state index in [-0.39, 0.29) is 17.5 Å². The molecule has 1 N–H and O–H groups in total. The summed E-state index contributed by atoms with van der Waals surface area (Å²) in [6.45, 7) is 9.20. The second kappa shape index (κ2) is 11.6. The van der Waals surface area contributed by atoms with Gasteiger partial charge in [0.2, 0.25) is 5.91 Å². The molecule has 1 aliphatic rings. The van der Waals surface area contributed by atoms with Crippen molar-refractivity contribution in [3.05, 3.63) is 52.8 Å². The summed E-state index contributed by atoms with van der Waals surface area (Å²) < 4.78 is 12.9. The predicted octanol–water partition coefficient (Wildman–Crippen LogP) is 4.02. The zero-order valence-corrected chi connectivity index (χ0v) is 21.6. The second-order valence-electron chi connectivity index (χ2n) is 9.61. The largest absolute Gasteiger partial charge is 0.497 e. The van der Waals surface area contributed by atoms with Gasteiger partial charge >= 0.3 is 0 Å². The topological polar surface area (TPSA) is 85.7 Å². The first-order chi connectivity index (χ1) is 17.4. The van der Waals surface area contributed by atoms with Crippen molar-refractivity contribution in [2.75, 3.05) is 33.4 Å². The third kappa shape index (κ3) is 5.87. The minimum absolute atomic E-state index is 0.0472. The van der Waals surface area contributed by atoms with E-state index in [9.17, 15) is 9.59 Å². The fourth-order valence-electron chi connectivity index (χ4n) is 4.59. The maximum absolute atomic E-state index is 13.7. The standard InChI is InChI=1S/C28H36N4O4/c1-19(2)29-27(33)20(3)32-26(21-9-8-10-22(17-21)35-4)30-25-18-23(11-12-24(25)28(32)34)36-16-15-31-13-6-5-7-14-31/h8-12,17-20H,5-7,13-16H2,1-4H3,(H,29,33)/t20-/m0/s1. The number of rotatable bonds is 9. The molecule has 1 saturated heterocycles. The molecule has 0 spiro atoms. The number of carbonyl (C=O) groups is 1. The molecular formula is C28H36N4O4. The fourth-order valence-corrected chi connectivity index (χ4v) is 4.59. The van der Waals surface area contributed by atoms with Crippen LogP contribution in [-0.2, 0) is 4.79 Å². The number of benzene rings is 2. The van der Waals surface area contributed by atoms with Gasteiger partial charge in [0.05, 0.1) is 18.0 Å². The number of nitrogens with one attached hydrogen (secondary N) is 1. The minimum atomic E-state index is -0.751. The number of hydrogen-bond acceptors (Lipinski definition) is 6. The molecule has 1 fully saturated rings. The molecule has 36 heavy (non-hydrogen) atoms. The van der Waals surface area contributed by atoms with Gasteiger partial charge in [-0.1, -0.05) is 18.6 Å². The zero-order valence-electron chi connectivity index (χ0n) is 21.6. The Kier molecular flexibility index (Phi) is 8.25. The van der Waals surface area contributed by atoms with Gasteiger partial charge in [-0.3, -0.25) is 19.1 Å². The lowest BCUT2D eigenvalue weighted by Gasteiger charge is -2.26. The lowest BCUT2D eigenvalue weighted by molar-refractivity contribution is -0.124. The summed E-state index contributed by atoms with van der Waals surface area (Å²) in [5.74, 6) is 1.48. The van der Waals surface area contributed by atoms with Crippen LogP contribution in [-0.4, -0.2) is 59.8 Å². The predicted molar refractivity (Wildman–Crippen MR) is 142 cm³/mol. The molecule has 1 aliphatic heterocycles. The van der Waals surface area contributed by atoms with Crippen LogP contribution in [0.2, 0.25) is 0 Å². The van der Waals surface area contributed by atoms with Gasteiger partial charge in [0.1, 0.15) is 30.0 Å². The Morgan fingerprint density at radius 3 is 2.56 bits per heavy atom. The van der Waals surface area contributed by atoms with Crippen molar-refractivity contribution in [1.82, 2.24) is 19.8 Å². The van der Waals surface area contributed by atoms with E-state index >= 15 is 0 Å². The average molecular weight is 493 g/mol. The Morgan fingerprint density at radius 2 is 1.83 bits per heavy atom. The summed E-state index contributed by atoms with van der Waals surface area (Å²) >= 11 is 0. The molecule has 8 heteroatoms. The number of piperidine rings is 1. The van der Waals surface area contributed by atoms with Gasteiger partial charge in [-0.15, -0.1) is 0 Å². The van der Waals surface area contributed by atoms with Gasteiger partial charge in [0, 0.05) is 24.2 Å². The first-order valence-electron chi connectivity index (χ1n) is 12.7. The van der Waals surface area contributed by atoms with Crippen LogP contribution in [0.25, 0.3) is 22.3 Å². The monoisotopic (exact) mass is 492 g/mol. The Hall–Kier alpha value is -3.39. The van der Waals surface area contributed by atoms with E-state index in [0.29, 0.717) is 40.4 Å². The number of ether oxygens (including phenoxy) is 2. The first-order valence-corrected chi connectivity index (χ1v) is 12.7. The van der Waals surface area contributed by atoms with Crippen LogP contribution in [0.4, 0.5) is 0 Å². The van der Waals surface area contributed by atoms with Crippen LogP contribution in [0.15, 0.2) is 47.3 Å². The number of methoxy groups -OCH3 is 1. The third-order valence-corrected chi connectivity index (χ3v) is 6.52. The first kappa shape index (κ1) is 25.7. The molecule has 2 heterocycles. The van der Waals surface area contributed by atoms with Crippen molar-refractivity contribution in [3.8, 4) is 22.9 Å². The lowest BCUT2D eigenvalue weighted by Crippen LogP contribution is -2.39. The van der Waals surface area contributed by atoms with Crippen molar-refractivity contribution >= 4 is 16.8 Å². The van der Waals surface area contributed by atoms with Crippen LogP contribution in [0, 0.1) is 0 Å². The van der Waals surface area contributed by atoms with E-state index in [0.717, 1.165) is 19.6 Å². The summed E-state index contributed by atoms with van der Waals surface area (Å²) in [4.78, 5) is 33.9. The molecule has 0 saturated carbocycles. The molecule has 4 rings (SSSR count). The molecule has 2 aromatic carbocycles. The normalized spacial score (nSPS) is 15.1. The molecule has 1 aromatic heterocycles. The number of fused-ring (bicyclic) bond motifs is 1. The number of amides is 1. The van der Waals surface area contributed by atoms with E-state index in [1.165, 1.54) is 23.8 Å². The SMILES string of the molecule is COc1cccc(-c2nc3cc(OCCN4CCCCC4)ccc3c(=O)n2[C@@H](C)C(=O)NC(C)C)c1. The fraction of sp³-hybridized carbons (Fsp3) is 0.464. The van der Waals surface area contributed by atoms with Crippen LogP contribution < -0.4 is 20.3 Å². The van der Waals surface area contributed by atoms with Crippen molar-refractivity contribution in [2.24, 2.45) is 0 Å². The Balaban J connectivity index is 1.71. The molecule has 0 bridgehead atoms. The molecule has 1 amide bonds. The van der Waals surface area contributed by atoms with Crippen molar-refractivity contribution in [1.29, 1.82) is 0 Å². The lowest BCUT2D eigenvalue weighted by atomic mass is 10.1. The zero-order chi connectivity index (χ0) is 25.7. The van der Waals surface area contributed by atoms with Crippen molar-refractivity contribution in [3.63, 3.8) is 0 Å². The van der Waals surface area contributed by atoms with Crippen LogP contribution in [0.1, 0.15) is 46.1 Å². The minimum Gasteiger partial charge on any atom is -0.497 e. The van der Waals surface area contributed by atoms with Crippen molar-refractivity contribution < 1.29 is 14.3 Å². The van der Waals surface area contributed by atoms with Crippen LogP contribution in [0.5, 0.6) is 11.5 Å². The summed E-state index contributed by atoms with van der Waals surface area (Å²) in [6, 6.07) is 11.9. The Labute approximate surface area is 212 Å². The average Bonchev–Trinajstić information content (AvgIpc) is 2.88. The van der Waals surface area contributed by atoms with Gasteiger partial charge < -0.3 is 14.8 Å². The van der Waals surface area contributed by atoms with E-state index in [4.69, 9.17) is 14.5 Å². The third-order valence-electron chi connectivity index (χ3n) is 6.52. The molecule has 1 atom stereocenters. The smallest absolute Gasteiger partial charge is 0.262 e. The molecule has 0 radical (unpaired) electrons. The van der Waals surface area contributed by atoms with Gasteiger partial charge in [0.15, 0.2) is 0 Å². The van der Waals surface area contributed by atoms with Crippen molar-refractivity contribution in [2.45, 2.75) is 52.1 Å². The summed E-state index contributed by atoms with van der Waals surface area (Å²) in [5, 5.41) is 3.34. The Bertz CT molecular complexity index is 1260. The number of likely N-dealkylation sites (tertiary alicyclic amines) is 1. The quantitative estimate of drug-likeness (QED) is 0.486. The summed E-state index contributed by atoms with van der Waals surface area (Å²) in [7, 11) is 1.59. The highest BCUT2D eigenvalue weighted by molar-refractivity contribution is 5.84. The van der Waals surface area contributed by atoms with Gasteiger partial charge in [-0.05, 0) is 71.0 Å².